The second-order valence-electron chi connectivity index (χ2n) is 5.95. The van der Waals surface area contributed by atoms with Crippen LogP contribution in [0.4, 0.5) is 0 Å². The number of hydrogen-bond donors (Lipinski definition) is 2. The van der Waals surface area contributed by atoms with Crippen LogP contribution >= 0.6 is 11.8 Å². The standard InChI is InChI=1S/C14H26N2OS/c1-11-5-8-15-12(9-11)13(17)16-10-14(18-2)6-3-4-7-14/h11-12,15H,3-10H2,1-2H3,(H,16,17). The molecule has 2 rings (SSSR count). The minimum Gasteiger partial charge on any atom is -0.353 e. The molecular formula is C14H26N2OS. The Morgan fingerprint density at radius 3 is 2.78 bits per heavy atom. The fraction of sp³-hybridized carbons (Fsp3) is 0.929. The van der Waals surface area contributed by atoms with Crippen molar-refractivity contribution in [3.05, 3.63) is 0 Å². The summed E-state index contributed by atoms with van der Waals surface area (Å²) in [7, 11) is 0. The van der Waals surface area contributed by atoms with Gasteiger partial charge in [-0.05, 0) is 44.4 Å². The Hall–Kier alpha value is -0.220. The molecule has 0 aromatic rings. The molecule has 2 fully saturated rings. The van der Waals surface area contributed by atoms with Crippen LogP contribution in [0.1, 0.15) is 45.4 Å². The summed E-state index contributed by atoms with van der Waals surface area (Å²) in [6, 6.07) is 0.0362. The molecule has 0 aromatic heterocycles. The molecule has 4 heteroatoms. The Bertz CT molecular complexity index is 290. The molecule has 0 radical (unpaired) electrons. The van der Waals surface area contributed by atoms with Crippen molar-refractivity contribution in [2.45, 2.75) is 56.2 Å². The van der Waals surface area contributed by atoms with Gasteiger partial charge in [-0.1, -0.05) is 19.8 Å². The number of rotatable bonds is 4. The van der Waals surface area contributed by atoms with Crippen LogP contribution in [-0.2, 0) is 4.79 Å². The van der Waals surface area contributed by atoms with Gasteiger partial charge in [0.1, 0.15) is 0 Å². The van der Waals surface area contributed by atoms with Gasteiger partial charge in [0, 0.05) is 11.3 Å². The summed E-state index contributed by atoms with van der Waals surface area (Å²) in [4.78, 5) is 12.2. The molecule has 2 atom stereocenters. The Labute approximate surface area is 115 Å². The van der Waals surface area contributed by atoms with E-state index in [1.165, 1.54) is 32.1 Å². The van der Waals surface area contributed by atoms with Gasteiger partial charge in [0.25, 0.3) is 0 Å². The molecular weight excluding hydrogens is 244 g/mol. The van der Waals surface area contributed by atoms with Crippen LogP contribution in [0.3, 0.4) is 0 Å². The first-order valence-corrected chi connectivity index (χ1v) is 8.44. The van der Waals surface area contributed by atoms with Gasteiger partial charge in [0.15, 0.2) is 0 Å². The number of piperidine rings is 1. The van der Waals surface area contributed by atoms with Crippen molar-refractivity contribution in [3.63, 3.8) is 0 Å². The van der Waals surface area contributed by atoms with Crippen LogP contribution in [0.25, 0.3) is 0 Å². The Morgan fingerprint density at radius 2 is 2.17 bits per heavy atom. The van der Waals surface area contributed by atoms with Crippen molar-refractivity contribution in [1.82, 2.24) is 10.6 Å². The summed E-state index contributed by atoms with van der Waals surface area (Å²) in [6.07, 6.45) is 9.49. The van der Waals surface area contributed by atoms with Crippen molar-refractivity contribution in [3.8, 4) is 0 Å². The number of amides is 1. The molecule has 2 unspecified atom stereocenters. The molecule has 1 heterocycles. The molecule has 2 N–H and O–H groups in total. The molecule has 1 saturated heterocycles. The molecule has 104 valence electrons. The highest BCUT2D eigenvalue weighted by molar-refractivity contribution is 8.00. The van der Waals surface area contributed by atoms with Crippen molar-refractivity contribution in [1.29, 1.82) is 0 Å². The van der Waals surface area contributed by atoms with Gasteiger partial charge in [-0.3, -0.25) is 4.79 Å². The quantitative estimate of drug-likeness (QED) is 0.822. The number of carbonyl (C=O) groups is 1. The highest BCUT2D eigenvalue weighted by atomic mass is 32.2. The highest BCUT2D eigenvalue weighted by Crippen LogP contribution is 2.39. The summed E-state index contributed by atoms with van der Waals surface area (Å²) >= 11 is 1.93. The third-order valence-electron chi connectivity index (χ3n) is 4.52. The van der Waals surface area contributed by atoms with Crippen molar-refractivity contribution < 1.29 is 4.79 Å². The molecule has 1 aliphatic carbocycles. The van der Waals surface area contributed by atoms with Gasteiger partial charge in [-0.25, -0.2) is 0 Å². The fourth-order valence-corrected chi connectivity index (χ4v) is 4.06. The zero-order valence-electron chi connectivity index (χ0n) is 11.6. The number of thioether (sulfide) groups is 1. The third kappa shape index (κ3) is 3.41. The van der Waals surface area contributed by atoms with Gasteiger partial charge in [0.05, 0.1) is 6.04 Å². The maximum absolute atomic E-state index is 12.2. The number of hydrogen-bond acceptors (Lipinski definition) is 3. The van der Waals surface area contributed by atoms with Crippen molar-refractivity contribution in [2.75, 3.05) is 19.3 Å². The average molecular weight is 270 g/mol. The summed E-state index contributed by atoms with van der Waals surface area (Å²) < 4.78 is 0.315. The van der Waals surface area contributed by atoms with E-state index in [-0.39, 0.29) is 11.9 Å². The van der Waals surface area contributed by atoms with E-state index in [1.54, 1.807) is 0 Å². The molecule has 0 spiro atoms. The first-order valence-electron chi connectivity index (χ1n) is 7.21. The minimum atomic E-state index is 0.0362. The van der Waals surface area contributed by atoms with E-state index in [1.807, 2.05) is 11.8 Å². The lowest BCUT2D eigenvalue weighted by atomic mass is 9.94. The summed E-state index contributed by atoms with van der Waals surface area (Å²) in [5.41, 5.74) is 0. The lowest BCUT2D eigenvalue weighted by Crippen LogP contribution is -2.51. The van der Waals surface area contributed by atoms with E-state index < -0.39 is 0 Å². The largest absolute Gasteiger partial charge is 0.353 e. The van der Waals surface area contributed by atoms with Gasteiger partial charge in [-0.15, -0.1) is 0 Å². The van der Waals surface area contributed by atoms with Crippen molar-refractivity contribution in [2.24, 2.45) is 5.92 Å². The van der Waals surface area contributed by atoms with E-state index in [9.17, 15) is 4.79 Å². The smallest absolute Gasteiger partial charge is 0.237 e. The summed E-state index contributed by atoms with van der Waals surface area (Å²) in [6.45, 7) is 4.06. The minimum absolute atomic E-state index is 0.0362. The van der Waals surface area contributed by atoms with Gasteiger partial charge in [0.2, 0.25) is 5.91 Å². The lowest BCUT2D eigenvalue weighted by molar-refractivity contribution is -0.124. The molecule has 1 amide bonds. The van der Waals surface area contributed by atoms with E-state index in [2.05, 4.69) is 23.8 Å². The Balaban J connectivity index is 1.80. The first-order chi connectivity index (χ1) is 8.65. The van der Waals surface area contributed by atoms with Gasteiger partial charge in [-0.2, -0.15) is 11.8 Å². The molecule has 1 saturated carbocycles. The van der Waals surface area contributed by atoms with Crippen LogP contribution in [0.5, 0.6) is 0 Å². The second kappa shape index (κ2) is 6.29. The number of nitrogens with one attached hydrogen (secondary N) is 2. The summed E-state index contributed by atoms with van der Waals surface area (Å²) in [5.74, 6) is 0.880. The molecule has 18 heavy (non-hydrogen) atoms. The van der Waals surface area contributed by atoms with Crippen LogP contribution in [-0.4, -0.2) is 36.0 Å². The maximum Gasteiger partial charge on any atom is 0.237 e. The molecule has 3 nitrogen and oxygen atoms in total. The average Bonchev–Trinajstić information content (AvgIpc) is 2.85. The molecule has 1 aliphatic heterocycles. The Morgan fingerprint density at radius 1 is 1.44 bits per heavy atom. The molecule has 2 aliphatic rings. The van der Waals surface area contributed by atoms with E-state index in [4.69, 9.17) is 0 Å². The molecule has 0 aromatic carbocycles. The van der Waals surface area contributed by atoms with E-state index in [0.717, 1.165) is 19.5 Å². The molecule has 0 bridgehead atoms. The van der Waals surface area contributed by atoms with Crippen molar-refractivity contribution >= 4 is 17.7 Å². The fourth-order valence-electron chi connectivity index (χ4n) is 3.15. The maximum atomic E-state index is 12.2. The first kappa shape index (κ1) is 14.2. The number of carbonyl (C=O) groups excluding carboxylic acids is 1. The predicted molar refractivity (Wildman–Crippen MR) is 77.9 cm³/mol. The second-order valence-corrected chi connectivity index (χ2v) is 7.22. The Kier molecular flexibility index (Phi) is 4.96. The van der Waals surface area contributed by atoms with E-state index >= 15 is 0 Å². The normalized spacial score (nSPS) is 31.2. The van der Waals surface area contributed by atoms with Crippen LogP contribution in [0.2, 0.25) is 0 Å². The SMILES string of the molecule is CSC1(CNC(=O)C2CC(C)CCN2)CCCC1. The van der Waals surface area contributed by atoms with Crippen LogP contribution < -0.4 is 10.6 Å². The lowest BCUT2D eigenvalue weighted by Gasteiger charge is -2.30. The third-order valence-corrected chi connectivity index (χ3v) is 5.93. The van der Waals surface area contributed by atoms with Crippen LogP contribution in [0, 0.1) is 5.92 Å². The zero-order chi connectivity index (χ0) is 13.0. The van der Waals surface area contributed by atoms with Crippen LogP contribution in [0.15, 0.2) is 0 Å². The summed E-state index contributed by atoms with van der Waals surface area (Å²) in [5, 5.41) is 6.52. The predicted octanol–water partition coefficient (Wildman–Crippen LogP) is 2.17. The topological polar surface area (TPSA) is 41.1 Å². The monoisotopic (exact) mass is 270 g/mol. The van der Waals surface area contributed by atoms with Gasteiger partial charge >= 0.3 is 0 Å². The van der Waals surface area contributed by atoms with Gasteiger partial charge < -0.3 is 10.6 Å². The highest BCUT2D eigenvalue weighted by Gasteiger charge is 2.34. The zero-order valence-corrected chi connectivity index (χ0v) is 12.4. The van der Waals surface area contributed by atoms with E-state index in [0.29, 0.717) is 10.7 Å².